The summed E-state index contributed by atoms with van der Waals surface area (Å²) in [6, 6.07) is 13.3. The number of hydrogen-bond donors (Lipinski definition) is 1. The molecule has 1 aromatic carbocycles. The molecule has 0 saturated heterocycles. The summed E-state index contributed by atoms with van der Waals surface area (Å²) >= 11 is 0. The molecule has 1 atom stereocenters. The number of carbonyl (C=O) groups is 1. The Kier molecular flexibility index (Phi) is 4.23. The fraction of sp³-hybridized carbons (Fsp3) is 0.235. The fourth-order valence-corrected chi connectivity index (χ4v) is 2.40. The first-order valence-corrected chi connectivity index (χ1v) is 7.36. The van der Waals surface area contributed by atoms with Gasteiger partial charge in [-0.25, -0.2) is 4.98 Å². The van der Waals surface area contributed by atoms with Crippen molar-refractivity contribution in [3.8, 4) is 0 Å². The predicted octanol–water partition coefficient (Wildman–Crippen LogP) is 2.60. The molecule has 118 valence electrons. The molecular weight excluding hydrogens is 292 g/mol. The number of amides is 1. The number of benzene rings is 1. The Hall–Kier alpha value is -2.89. The van der Waals surface area contributed by atoms with Crippen LogP contribution in [-0.4, -0.2) is 30.7 Å². The van der Waals surface area contributed by atoms with Crippen LogP contribution in [0.25, 0.3) is 0 Å². The fourth-order valence-electron chi connectivity index (χ4n) is 2.40. The normalized spacial score (nSPS) is 16.4. The molecule has 6 heteroatoms. The van der Waals surface area contributed by atoms with Gasteiger partial charge in [-0.15, -0.1) is 0 Å². The number of nitrogens with one attached hydrogen (secondary N) is 1. The van der Waals surface area contributed by atoms with Gasteiger partial charge in [0.05, 0.1) is 5.69 Å². The molecule has 3 rings (SSSR count). The first kappa shape index (κ1) is 15.0. The molecule has 2 heterocycles. The zero-order valence-electron chi connectivity index (χ0n) is 13.1. The molecule has 0 saturated carbocycles. The van der Waals surface area contributed by atoms with Gasteiger partial charge < -0.3 is 15.1 Å². The van der Waals surface area contributed by atoms with Gasteiger partial charge in [-0.2, -0.15) is 0 Å². The van der Waals surface area contributed by atoms with Gasteiger partial charge in [-0.05, 0) is 17.7 Å². The summed E-state index contributed by atoms with van der Waals surface area (Å²) in [5.41, 5.74) is 2.04. The number of nitrogens with zero attached hydrogens (tertiary/aromatic N) is 3. The Balaban J connectivity index is 1.69. The minimum Gasteiger partial charge on any atom is -0.387 e. The van der Waals surface area contributed by atoms with E-state index >= 15 is 0 Å². The van der Waals surface area contributed by atoms with Gasteiger partial charge in [0, 0.05) is 26.7 Å². The first-order chi connectivity index (χ1) is 11.1. The van der Waals surface area contributed by atoms with E-state index in [0.29, 0.717) is 23.6 Å². The third-order valence-electron chi connectivity index (χ3n) is 3.56. The Morgan fingerprint density at radius 3 is 2.74 bits per heavy atom. The molecule has 1 aromatic heterocycles. The largest absolute Gasteiger partial charge is 0.387 e. The highest BCUT2D eigenvalue weighted by Gasteiger charge is 2.27. The van der Waals surface area contributed by atoms with E-state index in [0.717, 1.165) is 5.56 Å². The smallest absolute Gasteiger partial charge is 0.273 e. The molecule has 2 aromatic rings. The first-order valence-electron chi connectivity index (χ1n) is 7.36. The number of hydrogen-bond acceptors (Lipinski definition) is 5. The lowest BCUT2D eigenvalue weighted by Crippen LogP contribution is -2.24. The van der Waals surface area contributed by atoms with E-state index in [4.69, 9.17) is 4.84 Å². The summed E-state index contributed by atoms with van der Waals surface area (Å²) in [4.78, 5) is 23.9. The molecule has 0 aliphatic carbocycles. The number of anilines is 2. The highest BCUT2D eigenvalue weighted by molar-refractivity contribution is 6.43. The topological polar surface area (TPSA) is 66.8 Å². The quantitative estimate of drug-likeness (QED) is 0.942. The van der Waals surface area contributed by atoms with Crippen molar-refractivity contribution in [1.82, 2.24) is 4.98 Å². The average molecular weight is 310 g/mol. The van der Waals surface area contributed by atoms with Crippen molar-refractivity contribution >= 4 is 23.1 Å². The van der Waals surface area contributed by atoms with Crippen molar-refractivity contribution in [1.29, 1.82) is 0 Å². The zero-order chi connectivity index (χ0) is 16.2. The van der Waals surface area contributed by atoms with Crippen molar-refractivity contribution in [2.45, 2.75) is 12.5 Å². The van der Waals surface area contributed by atoms with Crippen LogP contribution in [0.5, 0.6) is 0 Å². The standard InChI is InChI=1S/C17H18N4O2/c1-21(2)16-13(9-6-10-18-16)19-17(22)14-11-15(23-20-14)12-7-4-3-5-8-12/h3-10,15H,11H2,1-2H3,(H,19,22). The number of pyridine rings is 1. The zero-order valence-corrected chi connectivity index (χ0v) is 13.1. The minimum atomic E-state index is -0.264. The highest BCUT2D eigenvalue weighted by Crippen LogP contribution is 2.28. The van der Waals surface area contributed by atoms with Crippen LogP contribution >= 0.6 is 0 Å². The third-order valence-corrected chi connectivity index (χ3v) is 3.56. The average Bonchev–Trinajstić information content (AvgIpc) is 3.06. The molecule has 1 N–H and O–H groups in total. The summed E-state index contributed by atoms with van der Waals surface area (Å²) in [6.07, 6.45) is 1.93. The predicted molar refractivity (Wildman–Crippen MR) is 89.5 cm³/mol. The van der Waals surface area contributed by atoms with E-state index in [1.165, 1.54) is 0 Å². The van der Waals surface area contributed by atoms with Gasteiger partial charge in [0.2, 0.25) is 0 Å². The molecule has 1 amide bonds. The molecule has 0 spiro atoms. The number of aromatic nitrogens is 1. The van der Waals surface area contributed by atoms with E-state index < -0.39 is 0 Å². The molecule has 0 fully saturated rings. The van der Waals surface area contributed by atoms with Gasteiger partial charge in [0.25, 0.3) is 5.91 Å². The van der Waals surface area contributed by atoms with Gasteiger partial charge in [-0.3, -0.25) is 4.79 Å². The van der Waals surface area contributed by atoms with Crippen LogP contribution in [0.3, 0.4) is 0 Å². The molecule has 1 unspecified atom stereocenters. The van der Waals surface area contributed by atoms with Gasteiger partial charge in [0.1, 0.15) is 5.71 Å². The van der Waals surface area contributed by atoms with E-state index in [2.05, 4.69) is 15.5 Å². The Labute approximate surface area is 134 Å². The summed E-state index contributed by atoms with van der Waals surface area (Å²) < 4.78 is 0. The Morgan fingerprint density at radius 2 is 2.00 bits per heavy atom. The number of carbonyl (C=O) groups excluding carboxylic acids is 1. The molecule has 23 heavy (non-hydrogen) atoms. The van der Waals surface area contributed by atoms with Crippen molar-refractivity contribution in [2.75, 3.05) is 24.3 Å². The van der Waals surface area contributed by atoms with Crippen LogP contribution in [0, 0.1) is 0 Å². The van der Waals surface area contributed by atoms with E-state index in [9.17, 15) is 4.79 Å². The minimum absolute atomic E-state index is 0.209. The van der Waals surface area contributed by atoms with E-state index in [-0.39, 0.29) is 12.0 Å². The SMILES string of the molecule is CN(C)c1ncccc1NC(=O)C1=NOC(c2ccccc2)C1. The van der Waals surface area contributed by atoms with E-state index in [1.54, 1.807) is 12.3 Å². The van der Waals surface area contributed by atoms with E-state index in [1.807, 2.05) is 55.4 Å². The van der Waals surface area contributed by atoms with Crippen LogP contribution < -0.4 is 10.2 Å². The van der Waals surface area contributed by atoms with Crippen molar-refractivity contribution in [2.24, 2.45) is 5.16 Å². The maximum absolute atomic E-state index is 12.4. The summed E-state index contributed by atoms with van der Waals surface area (Å²) in [5.74, 6) is 0.430. The van der Waals surface area contributed by atoms with Crippen molar-refractivity contribution < 1.29 is 9.63 Å². The Bertz CT molecular complexity index is 728. The monoisotopic (exact) mass is 310 g/mol. The lowest BCUT2D eigenvalue weighted by molar-refractivity contribution is -0.110. The lowest BCUT2D eigenvalue weighted by Gasteiger charge is -2.16. The number of oxime groups is 1. The molecule has 0 bridgehead atoms. The van der Waals surface area contributed by atoms with Gasteiger partial charge in [-0.1, -0.05) is 35.5 Å². The molecular formula is C17H18N4O2. The second kappa shape index (κ2) is 6.48. The Morgan fingerprint density at radius 1 is 1.22 bits per heavy atom. The maximum Gasteiger partial charge on any atom is 0.273 e. The summed E-state index contributed by atoms with van der Waals surface area (Å²) in [6.45, 7) is 0. The third kappa shape index (κ3) is 3.31. The second-order valence-electron chi connectivity index (χ2n) is 5.47. The molecule has 6 nitrogen and oxygen atoms in total. The van der Waals surface area contributed by atoms with Crippen LogP contribution in [0.4, 0.5) is 11.5 Å². The molecule has 0 radical (unpaired) electrons. The van der Waals surface area contributed by atoms with Crippen LogP contribution in [0.15, 0.2) is 53.8 Å². The van der Waals surface area contributed by atoms with Crippen LogP contribution in [0.1, 0.15) is 18.1 Å². The van der Waals surface area contributed by atoms with Crippen LogP contribution in [-0.2, 0) is 9.63 Å². The van der Waals surface area contributed by atoms with Gasteiger partial charge >= 0.3 is 0 Å². The van der Waals surface area contributed by atoms with Crippen LogP contribution in [0.2, 0.25) is 0 Å². The van der Waals surface area contributed by atoms with Crippen molar-refractivity contribution in [3.05, 3.63) is 54.2 Å². The van der Waals surface area contributed by atoms with Crippen molar-refractivity contribution in [3.63, 3.8) is 0 Å². The second-order valence-corrected chi connectivity index (χ2v) is 5.47. The molecule has 1 aliphatic rings. The number of rotatable bonds is 4. The lowest BCUT2D eigenvalue weighted by atomic mass is 10.0. The summed E-state index contributed by atoms with van der Waals surface area (Å²) in [7, 11) is 3.75. The van der Waals surface area contributed by atoms with Gasteiger partial charge in [0.15, 0.2) is 11.9 Å². The highest BCUT2D eigenvalue weighted by atomic mass is 16.6. The molecule has 1 aliphatic heterocycles. The summed E-state index contributed by atoms with van der Waals surface area (Å²) in [5, 5.41) is 6.79. The maximum atomic E-state index is 12.4.